The average molecular weight is 353 g/mol. The van der Waals surface area contributed by atoms with Crippen LogP contribution in [-0.2, 0) is 4.79 Å². The summed E-state index contributed by atoms with van der Waals surface area (Å²) in [4.78, 5) is 26.7. The number of piperidine rings is 1. The van der Waals surface area contributed by atoms with Crippen LogP contribution in [0.3, 0.4) is 0 Å². The number of likely N-dealkylation sites (tertiary alicyclic amines) is 1. The molecule has 26 heavy (non-hydrogen) atoms. The summed E-state index contributed by atoms with van der Waals surface area (Å²) in [5.41, 5.74) is 1.89. The van der Waals surface area contributed by atoms with E-state index in [4.69, 9.17) is 4.42 Å². The Morgan fingerprint density at radius 1 is 1.15 bits per heavy atom. The van der Waals surface area contributed by atoms with Gasteiger partial charge in [0.1, 0.15) is 12.0 Å². The second-order valence-corrected chi connectivity index (χ2v) is 7.29. The maximum absolute atomic E-state index is 12.3. The fraction of sp³-hybridized carbons (Fsp3) is 0.400. The summed E-state index contributed by atoms with van der Waals surface area (Å²) in [6, 6.07) is 9.43. The SMILES string of the molecule is Cc1cc(C(=O)Nc2ccc(NC(=O)CN3C[C@@H]4CC[C@@H]3C4)cc2)co1. The highest BCUT2D eigenvalue weighted by molar-refractivity contribution is 6.04. The van der Waals surface area contributed by atoms with Crippen molar-refractivity contribution in [1.82, 2.24) is 4.90 Å². The molecule has 1 aliphatic carbocycles. The third-order valence-corrected chi connectivity index (χ3v) is 5.29. The van der Waals surface area contributed by atoms with Gasteiger partial charge in [0, 0.05) is 24.0 Å². The zero-order chi connectivity index (χ0) is 18.1. The molecule has 6 heteroatoms. The first-order valence-corrected chi connectivity index (χ1v) is 9.07. The highest BCUT2D eigenvalue weighted by Crippen LogP contribution is 2.36. The van der Waals surface area contributed by atoms with Gasteiger partial charge in [-0.2, -0.15) is 0 Å². The molecule has 6 nitrogen and oxygen atoms in total. The first kappa shape index (κ1) is 16.8. The second kappa shape index (κ2) is 6.96. The number of hydrogen-bond acceptors (Lipinski definition) is 4. The fourth-order valence-electron chi connectivity index (χ4n) is 4.01. The summed E-state index contributed by atoms with van der Waals surface area (Å²) in [6.45, 7) is 3.30. The average Bonchev–Trinajstić information content (AvgIpc) is 3.33. The lowest BCUT2D eigenvalue weighted by Gasteiger charge is -2.25. The van der Waals surface area contributed by atoms with Gasteiger partial charge in [0.15, 0.2) is 0 Å². The largest absolute Gasteiger partial charge is 0.469 e. The Morgan fingerprint density at radius 3 is 2.46 bits per heavy atom. The van der Waals surface area contributed by atoms with Gasteiger partial charge in [-0.3, -0.25) is 14.5 Å². The van der Waals surface area contributed by atoms with Gasteiger partial charge in [-0.1, -0.05) is 0 Å². The third-order valence-electron chi connectivity index (χ3n) is 5.29. The lowest BCUT2D eigenvalue weighted by atomic mass is 10.1. The van der Waals surface area contributed by atoms with Crippen LogP contribution in [-0.4, -0.2) is 35.8 Å². The summed E-state index contributed by atoms with van der Waals surface area (Å²) in [5.74, 6) is 1.28. The number of carbonyl (C=O) groups is 2. The number of fused-ring (bicyclic) bond motifs is 2. The highest BCUT2D eigenvalue weighted by Gasteiger charge is 2.38. The van der Waals surface area contributed by atoms with Gasteiger partial charge in [-0.15, -0.1) is 0 Å². The van der Waals surface area contributed by atoms with Crippen LogP contribution in [0.2, 0.25) is 0 Å². The number of furan rings is 1. The Kier molecular flexibility index (Phi) is 4.51. The topological polar surface area (TPSA) is 74.6 Å². The molecule has 1 aromatic heterocycles. The van der Waals surface area contributed by atoms with Gasteiger partial charge in [-0.25, -0.2) is 0 Å². The van der Waals surface area contributed by atoms with Crippen molar-refractivity contribution in [1.29, 1.82) is 0 Å². The Hall–Kier alpha value is -2.60. The molecule has 1 aromatic carbocycles. The number of anilines is 2. The Labute approximate surface area is 152 Å². The predicted molar refractivity (Wildman–Crippen MR) is 99.2 cm³/mol. The molecule has 2 N–H and O–H groups in total. The van der Waals surface area contributed by atoms with Gasteiger partial charge in [0.2, 0.25) is 5.91 Å². The molecule has 1 saturated carbocycles. The minimum absolute atomic E-state index is 0.0169. The minimum atomic E-state index is -0.220. The number of amides is 2. The number of nitrogens with zero attached hydrogens (tertiary/aromatic N) is 1. The van der Waals surface area contributed by atoms with E-state index in [0.29, 0.717) is 29.6 Å². The summed E-state index contributed by atoms with van der Waals surface area (Å²) < 4.78 is 5.15. The molecule has 1 saturated heterocycles. The van der Waals surface area contributed by atoms with Crippen molar-refractivity contribution < 1.29 is 14.0 Å². The number of nitrogens with one attached hydrogen (secondary N) is 2. The zero-order valence-electron chi connectivity index (χ0n) is 14.8. The van der Waals surface area contributed by atoms with Gasteiger partial charge >= 0.3 is 0 Å². The number of rotatable bonds is 5. The van der Waals surface area contributed by atoms with Crippen LogP contribution in [0, 0.1) is 12.8 Å². The van der Waals surface area contributed by atoms with Crippen molar-refractivity contribution in [2.75, 3.05) is 23.7 Å². The number of aryl methyl sites for hydroxylation is 1. The predicted octanol–water partition coefficient (Wildman–Crippen LogP) is 3.26. The molecular weight excluding hydrogens is 330 g/mol. The maximum atomic E-state index is 12.3. The van der Waals surface area contributed by atoms with Crippen LogP contribution >= 0.6 is 0 Å². The normalized spacial score (nSPS) is 21.7. The van der Waals surface area contributed by atoms with E-state index in [2.05, 4.69) is 15.5 Å². The zero-order valence-corrected chi connectivity index (χ0v) is 14.8. The van der Waals surface area contributed by atoms with Gasteiger partial charge in [-0.05, 0) is 62.4 Å². The van der Waals surface area contributed by atoms with Crippen LogP contribution in [0.4, 0.5) is 11.4 Å². The van der Waals surface area contributed by atoms with Crippen molar-refractivity contribution in [2.45, 2.75) is 32.2 Å². The Morgan fingerprint density at radius 2 is 1.88 bits per heavy atom. The van der Waals surface area contributed by atoms with Crippen LogP contribution in [0.5, 0.6) is 0 Å². The molecule has 2 aromatic rings. The van der Waals surface area contributed by atoms with Crippen LogP contribution in [0.15, 0.2) is 41.0 Å². The molecular formula is C20H23N3O3. The van der Waals surface area contributed by atoms with E-state index in [0.717, 1.165) is 18.2 Å². The van der Waals surface area contributed by atoms with E-state index in [9.17, 15) is 9.59 Å². The van der Waals surface area contributed by atoms with Crippen molar-refractivity contribution in [3.05, 3.63) is 47.9 Å². The van der Waals surface area contributed by atoms with Crippen molar-refractivity contribution in [3.8, 4) is 0 Å². The fourth-order valence-corrected chi connectivity index (χ4v) is 4.01. The quantitative estimate of drug-likeness (QED) is 0.865. The lowest BCUT2D eigenvalue weighted by molar-refractivity contribution is -0.117. The van der Waals surface area contributed by atoms with E-state index < -0.39 is 0 Å². The van der Waals surface area contributed by atoms with Crippen molar-refractivity contribution >= 4 is 23.2 Å². The Bertz CT molecular complexity index is 812. The van der Waals surface area contributed by atoms with E-state index >= 15 is 0 Å². The molecule has 2 aliphatic rings. The summed E-state index contributed by atoms with van der Waals surface area (Å²) in [7, 11) is 0. The number of carbonyl (C=O) groups excluding carboxylic acids is 2. The number of hydrogen-bond donors (Lipinski definition) is 2. The molecule has 4 rings (SSSR count). The first-order valence-electron chi connectivity index (χ1n) is 9.07. The molecule has 2 bridgehead atoms. The second-order valence-electron chi connectivity index (χ2n) is 7.29. The monoisotopic (exact) mass is 353 g/mol. The van der Waals surface area contributed by atoms with Crippen LogP contribution in [0.25, 0.3) is 0 Å². The summed E-state index contributed by atoms with van der Waals surface area (Å²) >= 11 is 0. The molecule has 2 atom stereocenters. The smallest absolute Gasteiger partial charge is 0.258 e. The lowest BCUT2D eigenvalue weighted by Crippen LogP contribution is -2.38. The van der Waals surface area contributed by atoms with E-state index in [-0.39, 0.29) is 11.8 Å². The maximum Gasteiger partial charge on any atom is 0.258 e. The summed E-state index contributed by atoms with van der Waals surface area (Å²) in [6.07, 6.45) is 5.22. The van der Waals surface area contributed by atoms with E-state index in [1.807, 2.05) is 0 Å². The van der Waals surface area contributed by atoms with E-state index in [1.165, 1.54) is 25.5 Å². The van der Waals surface area contributed by atoms with Gasteiger partial charge in [0.25, 0.3) is 5.91 Å². The van der Waals surface area contributed by atoms with Crippen molar-refractivity contribution in [2.24, 2.45) is 5.92 Å². The number of benzene rings is 1. The van der Waals surface area contributed by atoms with Gasteiger partial charge in [0.05, 0.1) is 12.1 Å². The van der Waals surface area contributed by atoms with Crippen molar-refractivity contribution in [3.63, 3.8) is 0 Å². The molecule has 0 radical (unpaired) electrons. The van der Waals surface area contributed by atoms with Gasteiger partial charge < -0.3 is 15.1 Å². The molecule has 2 heterocycles. The first-order chi connectivity index (χ1) is 12.6. The standard InChI is InChI=1S/C20H23N3O3/c1-13-8-15(12-26-13)20(25)22-17-5-3-16(4-6-17)21-19(24)11-23-10-14-2-7-18(23)9-14/h3-6,8,12,14,18H,2,7,9-11H2,1H3,(H,21,24)(H,22,25)/t14-,18-/m1/s1. The molecule has 136 valence electrons. The summed E-state index contributed by atoms with van der Waals surface area (Å²) in [5, 5.41) is 5.74. The van der Waals surface area contributed by atoms with Crippen LogP contribution in [0.1, 0.15) is 35.4 Å². The molecule has 2 amide bonds. The molecule has 2 fully saturated rings. The van der Waals surface area contributed by atoms with Crippen LogP contribution < -0.4 is 10.6 Å². The Balaban J connectivity index is 1.30. The highest BCUT2D eigenvalue weighted by atomic mass is 16.3. The molecule has 0 unspecified atom stereocenters. The molecule has 1 aliphatic heterocycles. The van der Waals surface area contributed by atoms with E-state index in [1.54, 1.807) is 37.3 Å². The molecule has 0 spiro atoms. The third kappa shape index (κ3) is 3.65. The minimum Gasteiger partial charge on any atom is -0.469 e.